The number of aromatic amines is 1. The molecule has 2 aromatic carbocycles. The van der Waals surface area contributed by atoms with E-state index in [0.717, 1.165) is 22.7 Å². The predicted molar refractivity (Wildman–Crippen MR) is 88.6 cm³/mol. The van der Waals surface area contributed by atoms with Gasteiger partial charge in [0.25, 0.3) is 0 Å². The van der Waals surface area contributed by atoms with E-state index in [4.69, 9.17) is 0 Å². The molecule has 21 heavy (non-hydrogen) atoms. The predicted octanol–water partition coefficient (Wildman–Crippen LogP) is 4.21. The summed E-state index contributed by atoms with van der Waals surface area (Å²) in [5, 5.41) is 4.36. The maximum atomic E-state index is 4.59. The average molecular weight is 297 g/mol. The second-order valence-electron chi connectivity index (χ2n) is 5.34. The minimum atomic E-state index is 0.509. The lowest BCUT2D eigenvalue weighted by Crippen LogP contribution is -2.21. The fraction of sp³-hybridized carbons (Fsp3) is 0.235. The van der Waals surface area contributed by atoms with Crippen LogP contribution in [-0.2, 0) is 6.54 Å². The minimum absolute atomic E-state index is 0.509. The van der Waals surface area contributed by atoms with Gasteiger partial charge >= 0.3 is 0 Å². The Morgan fingerprint density at radius 1 is 1.10 bits per heavy atom. The molecule has 2 N–H and O–H groups in total. The zero-order chi connectivity index (χ0) is 14.7. The number of benzene rings is 2. The Kier molecular flexibility index (Phi) is 4.27. The van der Waals surface area contributed by atoms with Crippen LogP contribution < -0.4 is 5.32 Å². The number of hydrogen-bond donors (Lipinski definition) is 2. The number of fused-ring (bicyclic) bond motifs is 1. The van der Waals surface area contributed by atoms with Gasteiger partial charge in [-0.1, -0.05) is 49.9 Å². The van der Waals surface area contributed by atoms with Crippen LogP contribution in [0.5, 0.6) is 0 Å². The molecule has 0 bridgehead atoms. The summed E-state index contributed by atoms with van der Waals surface area (Å²) >= 11 is 1.66. The van der Waals surface area contributed by atoms with Crippen LogP contribution in [0.3, 0.4) is 0 Å². The van der Waals surface area contributed by atoms with E-state index in [2.05, 4.69) is 53.4 Å². The average Bonchev–Trinajstić information content (AvgIpc) is 2.88. The molecule has 0 radical (unpaired) electrons. The largest absolute Gasteiger partial charge is 0.333 e. The number of imidazole rings is 1. The highest BCUT2D eigenvalue weighted by Crippen LogP contribution is 2.27. The van der Waals surface area contributed by atoms with E-state index < -0.39 is 0 Å². The molecule has 3 rings (SSSR count). The monoisotopic (exact) mass is 297 g/mol. The SMILES string of the molecule is CC(C)NCc1ccc(Sc2nc3ccccc3[nH]2)cc1. The third kappa shape index (κ3) is 3.65. The van der Waals surface area contributed by atoms with Gasteiger partial charge in [0, 0.05) is 17.5 Å². The van der Waals surface area contributed by atoms with Crippen molar-refractivity contribution in [3.05, 3.63) is 54.1 Å². The van der Waals surface area contributed by atoms with E-state index in [0.29, 0.717) is 6.04 Å². The second kappa shape index (κ2) is 6.33. The van der Waals surface area contributed by atoms with E-state index in [1.54, 1.807) is 11.8 Å². The lowest BCUT2D eigenvalue weighted by atomic mass is 10.2. The molecule has 0 amide bonds. The van der Waals surface area contributed by atoms with Crippen molar-refractivity contribution in [2.75, 3.05) is 0 Å². The lowest BCUT2D eigenvalue weighted by Gasteiger charge is -2.08. The summed E-state index contributed by atoms with van der Waals surface area (Å²) in [6.07, 6.45) is 0. The topological polar surface area (TPSA) is 40.7 Å². The highest BCUT2D eigenvalue weighted by Gasteiger charge is 2.04. The quantitative estimate of drug-likeness (QED) is 0.741. The molecule has 0 spiro atoms. The summed E-state index contributed by atoms with van der Waals surface area (Å²) in [5.41, 5.74) is 3.40. The Balaban J connectivity index is 1.69. The van der Waals surface area contributed by atoms with Crippen LogP contribution in [-0.4, -0.2) is 16.0 Å². The normalized spacial score (nSPS) is 11.4. The summed E-state index contributed by atoms with van der Waals surface area (Å²) in [6.45, 7) is 5.23. The summed E-state index contributed by atoms with van der Waals surface area (Å²) in [7, 11) is 0. The van der Waals surface area contributed by atoms with Gasteiger partial charge in [-0.05, 0) is 29.8 Å². The molecule has 0 fully saturated rings. The zero-order valence-corrected chi connectivity index (χ0v) is 13.1. The molecule has 0 saturated carbocycles. The molecule has 1 heterocycles. The van der Waals surface area contributed by atoms with Crippen LogP contribution in [0.2, 0.25) is 0 Å². The molecule has 0 atom stereocenters. The van der Waals surface area contributed by atoms with Crippen molar-refractivity contribution in [2.45, 2.75) is 36.5 Å². The number of nitrogens with zero attached hydrogens (tertiary/aromatic N) is 1. The summed E-state index contributed by atoms with van der Waals surface area (Å²) in [4.78, 5) is 9.12. The highest BCUT2D eigenvalue weighted by molar-refractivity contribution is 7.99. The van der Waals surface area contributed by atoms with Gasteiger partial charge in [-0.3, -0.25) is 0 Å². The first-order valence-corrected chi connectivity index (χ1v) is 7.97. The van der Waals surface area contributed by atoms with Gasteiger partial charge in [-0.15, -0.1) is 0 Å². The number of hydrogen-bond acceptors (Lipinski definition) is 3. The first-order valence-electron chi connectivity index (χ1n) is 7.15. The van der Waals surface area contributed by atoms with E-state index >= 15 is 0 Å². The van der Waals surface area contributed by atoms with Gasteiger partial charge in [0.15, 0.2) is 5.16 Å². The summed E-state index contributed by atoms with van der Waals surface area (Å²) in [5.74, 6) is 0. The Labute approximate surface area is 129 Å². The molecule has 3 nitrogen and oxygen atoms in total. The van der Waals surface area contributed by atoms with Gasteiger partial charge in [0.2, 0.25) is 0 Å². The molecule has 4 heteroatoms. The molecule has 108 valence electrons. The van der Waals surface area contributed by atoms with Crippen molar-refractivity contribution < 1.29 is 0 Å². The molecule has 1 aromatic heterocycles. The molecule has 0 aliphatic rings. The van der Waals surface area contributed by atoms with Crippen molar-refractivity contribution in [2.24, 2.45) is 0 Å². The zero-order valence-electron chi connectivity index (χ0n) is 12.3. The van der Waals surface area contributed by atoms with E-state index in [1.165, 1.54) is 10.5 Å². The van der Waals surface area contributed by atoms with Crippen molar-refractivity contribution >= 4 is 22.8 Å². The summed E-state index contributed by atoms with van der Waals surface area (Å²) in [6, 6.07) is 17.2. The number of H-pyrrole nitrogens is 1. The van der Waals surface area contributed by atoms with Gasteiger partial charge in [0.05, 0.1) is 11.0 Å². The second-order valence-corrected chi connectivity index (χ2v) is 6.40. The molecule has 0 unspecified atom stereocenters. The maximum Gasteiger partial charge on any atom is 0.171 e. The first kappa shape index (κ1) is 14.2. The van der Waals surface area contributed by atoms with Crippen molar-refractivity contribution in [1.29, 1.82) is 0 Å². The maximum absolute atomic E-state index is 4.59. The van der Waals surface area contributed by atoms with Crippen LogP contribution in [0, 0.1) is 0 Å². The van der Waals surface area contributed by atoms with Gasteiger partial charge in [-0.25, -0.2) is 4.98 Å². The van der Waals surface area contributed by atoms with Crippen LogP contribution in [0.15, 0.2) is 58.6 Å². The van der Waals surface area contributed by atoms with E-state index in [-0.39, 0.29) is 0 Å². The number of rotatable bonds is 5. The third-order valence-corrected chi connectivity index (χ3v) is 4.11. The van der Waals surface area contributed by atoms with Crippen molar-refractivity contribution in [3.8, 4) is 0 Å². The Morgan fingerprint density at radius 2 is 1.86 bits per heavy atom. The third-order valence-electron chi connectivity index (χ3n) is 3.22. The minimum Gasteiger partial charge on any atom is -0.333 e. The van der Waals surface area contributed by atoms with Crippen LogP contribution in [0.1, 0.15) is 19.4 Å². The summed E-state index contributed by atoms with van der Waals surface area (Å²) < 4.78 is 0. The first-order chi connectivity index (χ1) is 10.2. The number of nitrogens with one attached hydrogen (secondary N) is 2. The fourth-order valence-corrected chi connectivity index (χ4v) is 2.89. The molecule has 0 aliphatic carbocycles. The van der Waals surface area contributed by atoms with Crippen LogP contribution in [0.4, 0.5) is 0 Å². The Hall–Kier alpha value is -1.78. The Morgan fingerprint density at radius 3 is 2.57 bits per heavy atom. The van der Waals surface area contributed by atoms with E-state index in [1.807, 2.05) is 24.3 Å². The van der Waals surface area contributed by atoms with Gasteiger partial charge in [0.1, 0.15) is 0 Å². The number of para-hydroxylation sites is 2. The molecule has 3 aromatic rings. The molecule has 0 saturated heterocycles. The fourth-order valence-electron chi connectivity index (χ4n) is 2.09. The van der Waals surface area contributed by atoms with Crippen LogP contribution in [0.25, 0.3) is 11.0 Å². The molecule has 0 aliphatic heterocycles. The van der Waals surface area contributed by atoms with Crippen molar-refractivity contribution in [1.82, 2.24) is 15.3 Å². The van der Waals surface area contributed by atoms with Gasteiger partial charge < -0.3 is 10.3 Å². The van der Waals surface area contributed by atoms with Crippen LogP contribution >= 0.6 is 11.8 Å². The highest BCUT2D eigenvalue weighted by atomic mass is 32.2. The van der Waals surface area contributed by atoms with Gasteiger partial charge in [-0.2, -0.15) is 0 Å². The Bertz CT molecular complexity index is 683. The van der Waals surface area contributed by atoms with Crippen molar-refractivity contribution in [3.63, 3.8) is 0 Å². The van der Waals surface area contributed by atoms with E-state index in [9.17, 15) is 0 Å². The standard InChI is InChI=1S/C17H19N3S/c1-12(2)18-11-13-7-9-14(10-8-13)21-17-19-15-5-3-4-6-16(15)20-17/h3-10,12,18H,11H2,1-2H3,(H,19,20). The molecular weight excluding hydrogens is 278 g/mol. The number of aromatic nitrogens is 2. The lowest BCUT2D eigenvalue weighted by molar-refractivity contribution is 0.588. The molecular formula is C17H19N3S. The smallest absolute Gasteiger partial charge is 0.171 e.